The summed E-state index contributed by atoms with van der Waals surface area (Å²) in [4.78, 5) is 11.4. The number of ketones is 1. The first-order valence-corrected chi connectivity index (χ1v) is 4.38. The Morgan fingerprint density at radius 2 is 2.29 bits per heavy atom. The van der Waals surface area contributed by atoms with E-state index >= 15 is 0 Å². The van der Waals surface area contributed by atoms with Crippen molar-refractivity contribution in [2.45, 2.75) is 19.8 Å². The maximum absolute atomic E-state index is 13.3. The van der Waals surface area contributed by atoms with Crippen LogP contribution in [0.3, 0.4) is 0 Å². The molecular weight excluding hydrogens is 179 g/mol. The summed E-state index contributed by atoms with van der Waals surface area (Å²) in [5.74, 6) is 1.65. The second kappa shape index (κ2) is 4.57. The maximum Gasteiger partial charge on any atom is 0.166 e. The van der Waals surface area contributed by atoms with Crippen molar-refractivity contribution < 1.29 is 9.18 Å². The number of hydrogen-bond donors (Lipinski definition) is 0. The van der Waals surface area contributed by atoms with Gasteiger partial charge in [-0.1, -0.05) is 6.07 Å². The van der Waals surface area contributed by atoms with Crippen LogP contribution in [0, 0.1) is 25.1 Å². The van der Waals surface area contributed by atoms with Crippen LogP contribution in [0.1, 0.15) is 28.8 Å². The van der Waals surface area contributed by atoms with Gasteiger partial charge < -0.3 is 0 Å². The third-order valence-electron chi connectivity index (χ3n) is 1.92. The molecule has 0 heterocycles. The van der Waals surface area contributed by atoms with Gasteiger partial charge in [0, 0.05) is 12.8 Å². The molecule has 0 bridgehead atoms. The Morgan fingerprint density at radius 3 is 2.86 bits per heavy atom. The van der Waals surface area contributed by atoms with E-state index in [1.54, 1.807) is 13.0 Å². The number of benzene rings is 1. The van der Waals surface area contributed by atoms with E-state index in [1.165, 1.54) is 12.1 Å². The zero-order valence-corrected chi connectivity index (χ0v) is 8.01. The summed E-state index contributed by atoms with van der Waals surface area (Å²) in [5.41, 5.74) is 0.932. The summed E-state index contributed by atoms with van der Waals surface area (Å²) in [6.07, 6.45) is 5.58. The van der Waals surface area contributed by atoms with Crippen LogP contribution in [-0.4, -0.2) is 5.78 Å². The standard InChI is InChI=1S/C12H11FO/c1-3-4-5-12(14)10-7-6-9(2)8-11(10)13/h1,6-8H,4-5H2,2H3. The molecule has 14 heavy (non-hydrogen) atoms. The lowest BCUT2D eigenvalue weighted by molar-refractivity contribution is 0.0980. The first kappa shape index (κ1) is 10.5. The lowest BCUT2D eigenvalue weighted by atomic mass is 10.0. The summed E-state index contributed by atoms with van der Waals surface area (Å²) in [6.45, 7) is 1.78. The zero-order chi connectivity index (χ0) is 10.6. The van der Waals surface area contributed by atoms with Gasteiger partial charge in [0.15, 0.2) is 5.78 Å². The van der Waals surface area contributed by atoms with Crippen molar-refractivity contribution in [3.63, 3.8) is 0 Å². The normalized spacial score (nSPS) is 9.50. The van der Waals surface area contributed by atoms with Gasteiger partial charge in [0.25, 0.3) is 0 Å². The number of rotatable bonds is 3. The third-order valence-corrected chi connectivity index (χ3v) is 1.92. The summed E-state index contributed by atoms with van der Waals surface area (Å²) in [5, 5.41) is 0. The number of halogens is 1. The van der Waals surface area contributed by atoms with Crippen molar-refractivity contribution in [2.75, 3.05) is 0 Å². The van der Waals surface area contributed by atoms with E-state index in [2.05, 4.69) is 5.92 Å². The van der Waals surface area contributed by atoms with Crippen molar-refractivity contribution >= 4 is 5.78 Å². The molecule has 1 rings (SSSR count). The first-order valence-electron chi connectivity index (χ1n) is 4.38. The molecule has 1 nitrogen and oxygen atoms in total. The number of terminal acetylenes is 1. The second-order valence-corrected chi connectivity index (χ2v) is 3.11. The summed E-state index contributed by atoms with van der Waals surface area (Å²) in [6, 6.07) is 4.57. The van der Waals surface area contributed by atoms with Gasteiger partial charge in [-0.25, -0.2) is 4.39 Å². The van der Waals surface area contributed by atoms with Gasteiger partial charge in [0.05, 0.1) is 5.56 Å². The highest BCUT2D eigenvalue weighted by atomic mass is 19.1. The fourth-order valence-corrected chi connectivity index (χ4v) is 1.17. The Labute approximate surface area is 82.9 Å². The second-order valence-electron chi connectivity index (χ2n) is 3.11. The van der Waals surface area contributed by atoms with E-state index < -0.39 is 5.82 Å². The number of hydrogen-bond acceptors (Lipinski definition) is 1. The van der Waals surface area contributed by atoms with E-state index in [-0.39, 0.29) is 17.8 Å². The van der Waals surface area contributed by atoms with Gasteiger partial charge in [-0.2, -0.15) is 0 Å². The van der Waals surface area contributed by atoms with E-state index in [0.717, 1.165) is 5.56 Å². The molecule has 0 aliphatic rings. The molecule has 0 saturated carbocycles. The Hall–Kier alpha value is -1.62. The van der Waals surface area contributed by atoms with Crippen molar-refractivity contribution in [1.82, 2.24) is 0 Å². The molecule has 0 fully saturated rings. The highest BCUT2D eigenvalue weighted by Crippen LogP contribution is 2.12. The Bertz CT molecular complexity index is 388. The lowest BCUT2D eigenvalue weighted by Gasteiger charge is -2.01. The molecule has 0 aliphatic carbocycles. The van der Waals surface area contributed by atoms with Crippen molar-refractivity contribution in [3.05, 3.63) is 35.1 Å². The van der Waals surface area contributed by atoms with Crippen LogP contribution in [0.15, 0.2) is 18.2 Å². The average Bonchev–Trinajstić information content (AvgIpc) is 2.14. The minimum absolute atomic E-state index is 0.130. The number of aryl methyl sites for hydroxylation is 1. The highest BCUT2D eigenvalue weighted by Gasteiger charge is 2.10. The van der Waals surface area contributed by atoms with Gasteiger partial charge in [-0.3, -0.25) is 4.79 Å². The van der Waals surface area contributed by atoms with E-state index in [1.807, 2.05) is 0 Å². The van der Waals surface area contributed by atoms with E-state index in [9.17, 15) is 9.18 Å². The SMILES string of the molecule is C#CCCC(=O)c1ccc(C)cc1F. The van der Waals surface area contributed by atoms with Crippen LogP contribution in [0.2, 0.25) is 0 Å². The molecule has 1 aromatic rings. The number of Topliss-reactive ketones (excluding diaryl/α,β-unsaturated/α-hetero) is 1. The van der Waals surface area contributed by atoms with Gasteiger partial charge in [0.2, 0.25) is 0 Å². The average molecular weight is 190 g/mol. The van der Waals surface area contributed by atoms with Crippen LogP contribution < -0.4 is 0 Å². The molecular formula is C12H11FO. The third kappa shape index (κ3) is 2.43. The fourth-order valence-electron chi connectivity index (χ4n) is 1.17. The molecule has 0 atom stereocenters. The molecule has 0 N–H and O–H groups in total. The molecule has 72 valence electrons. The summed E-state index contributed by atoms with van der Waals surface area (Å²) < 4.78 is 13.3. The van der Waals surface area contributed by atoms with Crippen molar-refractivity contribution in [3.8, 4) is 12.3 Å². The van der Waals surface area contributed by atoms with Gasteiger partial charge in [-0.15, -0.1) is 12.3 Å². The van der Waals surface area contributed by atoms with E-state index in [0.29, 0.717) is 6.42 Å². The quantitative estimate of drug-likeness (QED) is 0.529. The Balaban J connectivity index is 2.86. The van der Waals surface area contributed by atoms with Gasteiger partial charge in [-0.05, 0) is 24.6 Å². The van der Waals surface area contributed by atoms with Gasteiger partial charge >= 0.3 is 0 Å². The minimum Gasteiger partial charge on any atom is -0.294 e. The van der Waals surface area contributed by atoms with Gasteiger partial charge in [0.1, 0.15) is 5.82 Å². The molecule has 0 spiro atoms. The van der Waals surface area contributed by atoms with Crippen molar-refractivity contribution in [2.24, 2.45) is 0 Å². The van der Waals surface area contributed by atoms with Crippen molar-refractivity contribution in [1.29, 1.82) is 0 Å². The molecule has 0 radical (unpaired) electrons. The van der Waals surface area contributed by atoms with Crippen LogP contribution in [-0.2, 0) is 0 Å². The Kier molecular flexibility index (Phi) is 3.41. The zero-order valence-electron chi connectivity index (χ0n) is 8.01. The topological polar surface area (TPSA) is 17.1 Å². The first-order chi connectivity index (χ1) is 6.65. The van der Waals surface area contributed by atoms with Crippen LogP contribution in [0.5, 0.6) is 0 Å². The van der Waals surface area contributed by atoms with Crippen LogP contribution >= 0.6 is 0 Å². The predicted octanol–water partition coefficient (Wildman–Crippen LogP) is 2.73. The van der Waals surface area contributed by atoms with E-state index in [4.69, 9.17) is 6.42 Å². The monoisotopic (exact) mass is 190 g/mol. The number of carbonyl (C=O) groups excluding carboxylic acids is 1. The fraction of sp³-hybridized carbons (Fsp3) is 0.250. The molecule has 0 unspecified atom stereocenters. The summed E-state index contributed by atoms with van der Waals surface area (Å²) >= 11 is 0. The summed E-state index contributed by atoms with van der Waals surface area (Å²) in [7, 11) is 0. The largest absolute Gasteiger partial charge is 0.294 e. The van der Waals surface area contributed by atoms with Crippen LogP contribution in [0.4, 0.5) is 4.39 Å². The predicted molar refractivity (Wildman–Crippen MR) is 53.5 cm³/mol. The highest BCUT2D eigenvalue weighted by molar-refractivity contribution is 5.96. The Morgan fingerprint density at radius 1 is 1.57 bits per heavy atom. The lowest BCUT2D eigenvalue weighted by Crippen LogP contribution is -2.02. The maximum atomic E-state index is 13.3. The molecule has 0 saturated heterocycles. The molecule has 0 aliphatic heterocycles. The molecule has 1 aromatic carbocycles. The minimum atomic E-state index is -0.466. The van der Waals surface area contributed by atoms with Crippen LogP contribution in [0.25, 0.3) is 0 Å². The smallest absolute Gasteiger partial charge is 0.166 e. The number of carbonyl (C=O) groups is 1. The molecule has 2 heteroatoms. The molecule has 0 amide bonds. The molecule has 0 aromatic heterocycles.